The summed E-state index contributed by atoms with van der Waals surface area (Å²) in [5, 5.41) is 9.87. The van der Waals surface area contributed by atoms with Crippen LogP contribution in [-0.2, 0) is 0 Å². The van der Waals surface area contributed by atoms with Gasteiger partial charge in [-0.3, -0.25) is 9.69 Å². The van der Waals surface area contributed by atoms with E-state index in [0.717, 1.165) is 32.2 Å². The number of carbonyl (C=O) groups excluding carboxylic acids is 1. The summed E-state index contributed by atoms with van der Waals surface area (Å²) in [6.07, 6.45) is 2.60. The van der Waals surface area contributed by atoms with Gasteiger partial charge in [0.25, 0.3) is 5.91 Å². The number of benzene rings is 1. The van der Waals surface area contributed by atoms with E-state index in [4.69, 9.17) is 11.6 Å². The maximum absolute atomic E-state index is 12.4. The van der Waals surface area contributed by atoms with Crippen LogP contribution in [0.4, 0.5) is 0 Å². The lowest BCUT2D eigenvalue weighted by Gasteiger charge is -2.35. The lowest BCUT2D eigenvalue weighted by molar-refractivity contribution is 0.0627. The van der Waals surface area contributed by atoms with Gasteiger partial charge in [-0.05, 0) is 31.0 Å². The average Bonchev–Trinajstić information content (AvgIpc) is 3.25. The summed E-state index contributed by atoms with van der Waals surface area (Å²) in [4.78, 5) is 16.6. The molecule has 1 aliphatic heterocycles. The first-order valence-electron chi connectivity index (χ1n) is 6.67. The topological polar surface area (TPSA) is 43.8 Å². The number of nitrogens with zero attached hydrogens (tertiary/aromatic N) is 2. The fourth-order valence-electron chi connectivity index (χ4n) is 2.58. The van der Waals surface area contributed by atoms with Crippen molar-refractivity contribution in [2.24, 2.45) is 0 Å². The second-order valence-corrected chi connectivity index (χ2v) is 5.63. The first-order chi connectivity index (χ1) is 9.15. The minimum atomic E-state index is -0.0867. The summed E-state index contributed by atoms with van der Waals surface area (Å²) in [5.41, 5.74) is 0.390. The molecule has 1 saturated carbocycles. The fourth-order valence-corrected chi connectivity index (χ4v) is 2.78. The number of piperazine rings is 1. The van der Waals surface area contributed by atoms with Crippen LogP contribution >= 0.6 is 11.6 Å². The Morgan fingerprint density at radius 3 is 2.53 bits per heavy atom. The van der Waals surface area contributed by atoms with Crippen LogP contribution in [0.15, 0.2) is 18.2 Å². The number of phenolic OH excluding ortho intramolecular Hbond substituents is 1. The summed E-state index contributed by atoms with van der Waals surface area (Å²) in [7, 11) is 0. The molecule has 0 spiro atoms. The summed E-state index contributed by atoms with van der Waals surface area (Å²) in [6, 6.07) is 5.24. The molecule has 1 heterocycles. The average molecular weight is 281 g/mol. The normalized spacial score (nSPS) is 20.6. The Morgan fingerprint density at radius 1 is 1.21 bits per heavy atom. The molecular weight excluding hydrogens is 264 g/mol. The summed E-state index contributed by atoms with van der Waals surface area (Å²) in [6.45, 7) is 3.35. The second-order valence-electron chi connectivity index (χ2n) is 5.22. The SMILES string of the molecule is O=C(c1cc(O)ccc1Cl)N1CCN(C2CC2)CC1. The van der Waals surface area contributed by atoms with Crippen molar-refractivity contribution in [3.8, 4) is 5.75 Å². The molecule has 19 heavy (non-hydrogen) atoms. The lowest BCUT2D eigenvalue weighted by Crippen LogP contribution is -2.49. The standard InChI is InChI=1S/C14H17ClN2O2/c15-13-4-3-11(18)9-12(13)14(19)17-7-5-16(6-8-17)10-1-2-10/h3-4,9-10,18H,1-2,5-8H2. The molecule has 0 atom stereocenters. The van der Waals surface area contributed by atoms with Crippen LogP contribution in [0.3, 0.4) is 0 Å². The number of halogens is 1. The molecule has 5 heteroatoms. The summed E-state index contributed by atoms with van der Waals surface area (Å²) < 4.78 is 0. The van der Waals surface area contributed by atoms with Gasteiger partial charge in [0.15, 0.2) is 0 Å². The maximum Gasteiger partial charge on any atom is 0.255 e. The van der Waals surface area contributed by atoms with Crippen LogP contribution < -0.4 is 0 Å². The summed E-state index contributed by atoms with van der Waals surface area (Å²) >= 11 is 6.03. The number of carbonyl (C=O) groups is 1. The fraction of sp³-hybridized carbons (Fsp3) is 0.500. The first kappa shape index (κ1) is 12.8. The minimum absolute atomic E-state index is 0.0735. The Labute approximate surface area is 117 Å². The first-order valence-corrected chi connectivity index (χ1v) is 7.05. The van der Waals surface area contributed by atoms with Crippen LogP contribution in [0.5, 0.6) is 5.75 Å². The van der Waals surface area contributed by atoms with Gasteiger partial charge in [0.1, 0.15) is 5.75 Å². The van der Waals surface area contributed by atoms with Gasteiger partial charge in [-0.2, -0.15) is 0 Å². The predicted molar refractivity (Wildman–Crippen MR) is 73.6 cm³/mol. The van der Waals surface area contributed by atoms with E-state index < -0.39 is 0 Å². The molecule has 0 bridgehead atoms. The Bertz CT molecular complexity index is 494. The second kappa shape index (κ2) is 5.02. The maximum atomic E-state index is 12.4. The zero-order valence-electron chi connectivity index (χ0n) is 10.7. The van der Waals surface area contributed by atoms with Gasteiger partial charge in [-0.25, -0.2) is 0 Å². The van der Waals surface area contributed by atoms with E-state index in [2.05, 4.69) is 4.90 Å². The molecule has 1 aromatic rings. The van der Waals surface area contributed by atoms with Crippen molar-refractivity contribution < 1.29 is 9.90 Å². The van der Waals surface area contributed by atoms with Gasteiger partial charge in [-0.15, -0.1) is 0 Å². The molecule has 2 aliphatic rings. The number of phenols is 1. The third-order valence-corrected chi connectivity index (χ3v) is 4.17. The molecule has 2 fully saturated rings. The lowest BCUT2D eigenvalue weighted by atomic mass is 10.1. The largest absolute Gasteiger partial charge is 0.508 e. The van der Waals surface area contributed by atoms with Crippen molar-refractivity contribution in [2.75, 3.05) is 26.2 Å². The monoisotopic (exact) mass is 280 g/mol. The zero-order chi connectivity index (χ0) is 13.4. The molecule has 3 rings (SSSR count). The van der Waals surface area contributed by atoms with E-state index in [0.29, 0.717) is 10.6 Å². The van der Waals surface area contributed by atoms with E-state index in [1.54, 1.807) is 6.07 Å². The Morgan fingerprint density at radius 2 is 1.89 bits per heavy atom. The highest BCUT2D eigenvalue weighted by Gasteiger charge is 2.32. The van der Waals surface area contributed by atoms with Gasteiger partial charge in [0, 0.05) is 32.2 Å². The molecule has 0 radical (unpaired) electrons. The highest BCUT2D eigenvalue weighted by atomic mass is 35.5. The predicted octanol–water partition coefficient (Wildman–Crippen LogP) is 1.97. The van der Waals surface area contributed by atoms with Gasteiger partial charge in [0.05, 0.1) is 10.6 Å². The number of amides is 1. The van der Waals surface area contributed by atoms with Crippen molar-refractivity contribution in [3.63, 3.8) is 0 Å². The van der Waals surface area contributed by atoms with Crippen LogP contribution in [0.25, 0.3) is 0 Å². The highest BCUT2D eigenvalue weighted by molar-refractivity contribution is 6.33. The van der Waals surface area contributed by atoms with Crippen LogP contribution in [0.1, 0.15) is 23.2 Å². The van der Waals surface area contributed by atoms with Crippen LogP contribution in [-0.4, -0.2) is 53.0 Å². The molecule has 1 amide bonds. The molecule has 1 aliphatic carbocycles. The van der Waals surface area contributed by atoms with Crippen molar-refractivity contribution in [3.05, 3.63) is 28.8 Å². The quantitative estimate of drug-likeness (QED) is 0.901. The molecule has 1 saturated heterocycles. The van der Waals surface area contributed by atoms with Crippen molar-refractivity contribution in [2.45, 2.75) is 18.9 Å². The third-order valence-electron chi connectivity index (χ3n) is 3.85. The van der Waals surface area contributed by atoms with Crippen molar-refractivity contribution in [1.29, 1.82) is 0 Å². The molecule has 0 aromatic heterocycles. The Kier molecular flexibility index (Phi) is 3.37. The number of rotatable bonds is 2. The van der Waals surface area contributed by atoms with Crippen molar-refractivity contribution >= 4 is 17.5 Å². The van der Waals surface area contributed by atoms with E-state index >= 15 is 0 Å². The van der Waals surface area contributed by atoms with Gasteiger partial charge < -0.3 is 10.0 Å². The Balaban J connectivity index is 1.68. The number of aromatic hydroxyl groups is 1. The van der Waals surface area contributed by atoms with E-state index in [1.165, 1.54) is 25.0 Å². The zero-order valence-corrected chi connectivity index (χ0v) is 11.4. The smallest absolute Gasteiger partial charge is 0.255 e. The molecule has 0 unspecified atom stereocenters. The molecule has 102 valence electrons. The highest BCUT2D eigenvalue weighted by Crippen LogP contribution is 2.28. The third kappa shape index (κ3) is 2.69. The molecule has 1 aromatic carbocycles. The number of hydrogen-bond acceptors (Lipinski definition) is 3. The van der Waals surface area contributed by atoms with Crippen LogP contribution in [0, 0.1) is 0 Å². The molecular formula is C14H17ClN2O2. The summed E-state index contributed by atoms with van der Waals surface area (Å²) in [5.74, 6) is -0.0132. The van der Waals surface area contributed by atoms with E-state index in [-0.39, 0.29) is 11.7 Å². The molecule has 1 N–H and O–H groups in total. The van der Waals surface area contributed by atoms with E-state index in [9.17, 15) is 9.90 Å². The van der Waals surface area contributed by atoms with E-state index in [1.807, 2.05) is 4.90 Å². The minimum Gasteiger partial charge on any atom is -0.508 e. The van der Waals surface area contributed by atoms with Crippen LogP contribution in [0.2, 0.25) is 5.02 Å². The van der Waals surface area contributed by atoms with Crippen molar-refractivity contribution in [1.82, 2.24) is 9.80 Å². The van der Waals surface area contributed by atoms with Gasteiger partial charge in [-0.1, -0.05) is 11.6 Å². The molecule has 4 nitrogen and oxygen atoms in total. The van der Waals surface area contributed by atoms with Gasteiger partial charge in [0.2, 0.25) is 0 Å². The Hall–Kier alpha value is -1.26. The number of hydrogen-bond donors (Lipinski definition) is 1. The van der Waals surface area contributed by atoms with Gasteiger partial charge >= 0.3 is 0 Å².